The van der Waals surface area contributed by atoms with Crippen LogP contribution < -0.4 is 10.6 Å². The molecule has 2 N–H and O–H groups in total. The molecule has 2 amide bonds. The second kappa shape index (κ2) is 11.6. The summed E-state index contributed by atoms with van der Waals surface area (Å²) in [5.41, 5.74) is -0.321. The number of rotatable bonds is 9. The van der Waals surface area contributed by atoms with Gasteiger partial charge in [0.1, 0.15) is 18.2 Å². The molecule has 0 aliphatic heterocycles. The van der Waals surface area contributed by atoms with Crippen LogP contribution in [0.25, 0.3) is 0 Å². The molecule has 0 aromatic heterocycles. The maximum Gasteiger partial charge on any atom is 0.407 e. The summed E-state index contributed by atoms with van der Waals surface area (Å²) >= 11 is 0. The van der Waals surface area contributed by atoms with E-state index in [-0.39, 0.29) is 12.5 Å². The Morgan fingerprint density at radius 2 is 1.60 bits per heavy atom. The lowest BCUT2D eigenvalue weighted by molar-refractivity contribution is -0.159. The topological polar surface area (TPSA) is 93.7 Å². The average molecular weight is 421 g/mol. The third-order valence-corrected chi connectivity index (χ3v) is 4.08. The molecule has 1 rings (SSSR count). The summed E-state index contributed by atoms with van der Waals surface area (Å²) in [6.45, 7) is 11.4. The fourth-order valence-electron chi connectivity index (χ4n) is 2.43. The molecule has 168 valence electrons. The number of nitrogens with one attached hydrogen (secondary N) is 2. The predicted molar refractivity (Wildman–Crippen MR) is 116 cm³/mol. The highest BCUT2D eigenvalue weighted by atomic mass is 16.6. The van der Waals surface area contributed by atoms with Crippen molar-refractivity contribution in [3.05, 3.63) is 35.9 Å². The first-order valence-corrected chi connectivity index (χ1v) is 10.4. The molecule has 1 atom stereocenters. The van der Waals surface area contributed by atoms with Crippen LogP contribution in [0, 0.1) is 5.41 Å². The van der Waals surface area contributed by atoms with E-state index < -0.39 is 29.1 Å². The van der Waals surface area contributed by atoms with E-state index >= 15 is 0 Å². The van der Waals surface area contributed by atoms with Gasteiger partial charge in [0.2, 0.25) is 5.91 Å². The van der Waals surface area contributed by atoms with Crippen LogP contribution in [0.2, 0.25) is 0 Å². The molecule has 1 aromatic carbocycles. The molecule has 0 saturated heterocycles. The minimum Gasteiger partial charge on any atom is -0.458 e. The molecule has 0 radical (unpaired) electrons. The highest BCUT2D eigenvalue weighted by Gasteiger charge is 2.30. The van der Waals surface area contributed by atoms with Gasteiger partial charge in [0.15, 0.2) is 0 Å². The van der Waals surface area contributed by atoms with Crippen LogP contribution in [0.4, 0.5) is 4.79 Å². The van der Waals surface area contributed by atoms with Gasteiger partial charge in [-0.2, -0.15) is 0 Å². The second-order valence-electron chi connectivity index (χ2n) is 9.29. The summed E-state index contributed by atoms with van der Waals surface area (Å²) < 4.78 is 10.6. The Kier molecular flexibility index (Phi) is 9.82. The van der Waals surface area contributed by atoms with Crippen LogP contribution in [0.5, 0.6) is 0 Å². The van der Waals surface area contributed by atoms with E-state index in [1.54, 1.807) is 41.5 Å². The first-order valence-electron chi connectivity index (χ1n) is 10.4. The molecule has 0 bridgehead atoms. The standard InChI is InChI=1S/C23H36N2O5/c1-22(2,3)20(27)25-18(19(26)30-23(4,5)6)14-10-11-15-24-21(28)29-16-17-12-8-7-9-13-17/h7-9,12-13,18H,10-11,14-16H2,1-6H3,(H,24,28)(H,25,27). The molecule has 0 fully saturated rings. The molecular formula is C23H36N2O5. The van der Waals surface area contributed by atoms with Crippen molar-refractivity contribution < 1.29 is 23.9 Å². The van der Waals surface area contributed by atoms with Gasteiger partial charge in [-0.3, -0.25) is 4.79 Å². The molecule has 7 nitrogen and oxygen atoms in total. The highest BCUT2D eigenvalue weighted by Crippen LogP contribution is 2.16. The van der Waals surface area contributed by atoms with Crippen LogP contribution in [0.15, 0.2) is 30.3 Å². The first-order chi connectivity index (χ1) is 13.9. The third-order valence-electron chi connectivity index (χ3n) is 4.08. The van der Waals surface area contributed by atoms with Gasteiger partial charge in [-0.05, 0) is 45.6 Å². The van der Waals surface area contributed by atoms with E-state index in [2.05, 4.69) is 10.6 Å². The lowest BCUT2D eigenvalue weighted by atomic mass is 9.94. The van der Waals surface area contributed by atoms with Crippen LogP contribution in [-0.2, 0) is 25.7 Å². The SMILES string of the molecule is CC(C)(C)OC(=O)C(CCCCNC(=O)OCc1ccccc1)NC(=O)C(C)(C)C. The predicted octanol–water partition coefficient (Wildman–Crippen LogP) is 3.96. The van der Waals surface area contributed by atoms with Crippen molar-refractivity contribution in [1.29, 1.82) is 0 Å². The average Bonchev–Trinajstić information content (AvgIpc) is 2.63. The molecule has 7 heteroatoms. The quantitative estimate of drug-likeness (QED) is 0.466. The molecule has 0 heterocycles. The number of hydrogen-bond acceptors (Lipinski definition) is 5. The Balaban J connectivity index is 2.41. The summed E-state index contributed by atoms with van der Waals surface area (Å²) in [6, 6.07) is 8.72. The Morgan fingerprint density at radius 1 is 0.967 bits per heavy atom. The number of ether oxygens (including phenoxy) is 2. The van der Waals surface area contributed by atoms with Crippen molar-refractivity contribution in [1.82, 2.24) is 10.6 Å². The van der Waals surface area contributed by atoms with E-state index in [0.717, 1.165) is 5.56 Å². The monoisotopic (exact) mass is 420 g/mol. The number of hydrogen-bond donors (Lipinski definition) is 2. The number of carbonyl (C=O) groups excluding carboxylic acids is 3. The van der Waals surface area contributed by atoms with Gasteiger partial charge in [-0.1, -0.05) is 51.1 Å². The van der Waals surface area contributed by atoms with Gasteiger partial charge in [0.05, 0.1) is 0 Å². The van der Waals surface area contributed by atoms with E-state index in [0.29, 0.717) is 25.8 Å². The van der Waals surface area contributed by atoms with E-state index in [1.807, 2.05) is 30.3 Å². The molecule has 0 spiro atoms. The minimum atomic E-state index is -0.721. The van der Waals surface area contributed by atoms with E-state index in [4.69, 9.17) is 9.47 Å². The molecule has 0 aliphatic rings. The van der Waals surface area contributed by atoms with Gasteiger partial charge < -0.3 is 20.1 Å². The van der Waals surface area contributed by atoms with Gasteiger partial charge in [0, 0.05) is 12.0 Å². The Morgan fingerprint density at radius 3 is 2.17 bits per heavy atom. The number of amides is 2. The van der Waals surface area contributed by atoms with Crippen LogP contribution in [0.1, 0.15) is 66.4 Å². The summed E-state index contributed by atoms with van der Waals surface area (Å²) in [6.07, 6.45) is 1.22. The normalized spacial score (nSPS) is 12.6. The third kappa shape index (κ3) is 10.8. The van der Waals surface area contributed by atoms with Gasteiger partial charge in [-0.25, -0.2) is 9.59 Å². The lowest BCUT2D eigenvalue weighted by Gasteiger charge is -2.27. The van der Waals surface area contributed by atoms with Gasteiger partial charge in [0.25, 0.3) is 0 Å². The zero-order valence-corrected chi connectivity index (χ0v) is 19.0. The van der Waals surface area contributed by atoms with Crippen molar-refractivity contribution in [2.75, 3.05) is 6.54 Å². The first kappa shape index (κ1) is 25.5. The van der Waals surface area contributed by atoms with Crippen molar-refractivity contribution in [2.45, 2.75) is 79.1 Å². The Bertz CT molecular complexity index is 690. The summed E-state index contributed by atoms with van der Waals surface area (Å²) in [5, 5.41) is 5.49. The molecule has 1 aromatic rings. The van der Waals surface area contributed by atoms with Crippen LogP contribution in [-0.4, -0.2) is 36.2 Å². The van der Waals surface area contributed by atoms with Gasteiger partial charge >= 0.3 is 12.1 Å². The lowest BCUT2D eigenvalue weighted by Crippen LogP contribution is -2.47. The van der Waals surface area contributed by atoms with Crippen LogP contribution in [0.3, 0.4) is 0 Å². The minimum absolute atomic E-state index is 0.207. The van der Waals surface area contributed by atoms with E-state index in [1.165, 1.54) is 0 Å². The van der Waals surface area contributed by atoms with Crippen molar-refractivity contribution in [2.24, 2.45) is 5.41 Å². The van der Waals surface area contributed by atoms with Crippen LogP contribution >= 0.6 is 0 Å². The number of carbonyl (C=O) groups is 3. The molecule has 0 aliphatic carbocycles. The maximum absolute atomic E-state index is 12.5. The molecule has 0 saturated carbocycles. The fraction of sp³-hybridized carbons (Fsp3) is 0.609. The van der Waals surface area contributed by atoms with Gasteiger partial charge in [-0.15, -0.1) is 0 Å². The molecular weight excluding hydrogens is 384 g/mol. The van der Waals surface area contributed by atoms with Crippen molar-refractivity contribution in [3.8, 4) is 0 Å². The zero-order chi connectivity index (χ0) is 22.8. The summed E-state index contributed by atoms with van der Waals surface area (Å²) in [5.74, 6) is -0.656. The zero-order valence-electron chi connectivity index (χ0n) is 19.0. The number of esters is 1. The maximum atomic E-state index is 12.5. The fourth-order valence-corrected chi connectivity index (χ4v) is 2.43. The van der Waals surface area contributed by atoms with Crippen molar-refractivity contribution >= 4 is 18.0 Å². The van der Waals surface area contributed by atoms with Crippen molar-refractivity contribution in [3.63, 3.8) is 0 Å². The number of benzene rings is 1. The number of alkyl carbamates (subject to hydrolysis) is 1. The summed E-state index contributed by atoms with van der Waals surface area (Å²) in [7, 11) is 0. The smallest absolute Gasteiger partial charge is 0.407 e. The molecule has 30 heavy (non-hydrogen) atoms. The number of unbranched alkanes of at least 4 members (excludes halogenated alkanes) is 1. The Hall–Kier alpha value is -2.57. The molecule has 1 unspecified atom stereocenters. The summed E-state index contributed by atoms with van der Waals surface area (Å²) in [4.78, 5) is 36.6. The Labute approximate surface area is 179 Å². The van der Waals surface area contributed by atoms with E-state index in [9.17, 15) is 14.4 Å². The highest BCUT2D eigenvalue weighted by molar-refractivity contribution is 5.87. The second-order valence-corrected chi connectivity index (χ2v) is 9.29. The largest absolute Gasteiger partial charge is 0.458 e.